The Balaban J connectivity index is 1.64. The van der Waals surface area contributed by atoms with Crippen LogP contribution >= 0.6 is 0 Å². The lowest BCUT2D eigenvalue weighted by atomic mass is 9.88. The van der Waals surface area contributed by atoms with Gasteiger partial charge in [-0.25, -0.2) is 0 Å². The van der Waals surface area contributed by atoms with Crippen molar-refractivity contribution in [2.24, 2.45) is 5.92 Å². The van der Waals surface area contributed by atoms with Crippen molar-refractivity contribution < 1.29 is 14.0 Å². The number of fused-ring (bicyclic) bond motifs is 1. The van der Waals surface area contributed by atoms with Crippen LogP contribution in [0, 0.1) is 5.92 Å². The first-order chi connectivity index (χ1) is 10.7. The van der Waals surface area contributed by atoms with E-state index in [1.807, 2.05) is 0 Å². The third kappa shape index (κ3) is 3.67. The van der Waals surface area contributed by atoms with Gasteiger partial charge in [0.1, 0.15) is 0 Å². The lowest BCUT2D eigenvalue weighted by Crippen LogP contribution is -2.54. The standard InChI is InChI=1S/C16H27N3O3/c1-11(2)8-15-17-16(22-18-15)10-19-6-7-21-14-5-4-12(20-3)9-13(14)19/h11-14H,4-10H2,1-3H3/t12-,13-,14+/m1/s1. The Kier molecular flexibility index (Phi) is 5.10. The summed E-state index contributed by atoms with van der Waals surface area (Å²) < 4.78 is 16.9. The van der Waals surface area contributed by atoms with Gasteiger partial charge in [0, 0.05) is 26.1 Å². The molecular formula is C16H27N3O3. The third-order valence-corrected chi connectivity index (χ3v) is 4.66. The summed E-state index contributed by atoms with van der Waals surface area (Å²) >= 11 is 0. The Morgan fingerprint density at radius 1 is 1.36 bits per heavy atom. The van der Waals surface area contributed by atoms with Gasteiger partial charge < -0.3 is 14.0 Å². The van der Waals surface area contributed by atoms with E-state index in [9.17, 15) is 0 Å². The van der Waals surface area contributed by atoms with E-state index in [2.05, 4.69) is 28.9 Å². The summed E-state index contributed by atoms with van der Waals surface area (Å²) in [5.41, 5.74) is 0. The minimum atomic E-state index is 0.318. The summed E-state index contributed by atoms with van der Waals surface area (Å²) in [6, 6.07) is 0.396. The van der Waals surface area contributed by atoms with Gasteiger partial charge in [-0.3, -0.25) is 4.90 Å². The molecule has 2 heterocycles. The third-order valence-electron chi connectivity index (χ3n) is 4.66. The molecule has 0 aromatic carbocycles. The Morgan fingerprint density at radius 3 is 3.00 bits per heavy atom. The highest BCUT2D eigenvalue weighted by Gasteiger charge is 2.38. The van der Waals surface area contributed by atoms with E-state index in [1.165, 1.54) is 0 Å². The molecule has 0 radical (unpaired) electrons. The molecule has 1 saturated carbocycles. The van der Waals surface area contributed by atoms with Gasteiger partial charge in [-0.1, -0.05) is 19.0 Å². The van der Waals surface area contributed by atoms with Crippen molar-refractivity contribution in [2.45, 2.75) is 64.3 Å². The summed E-state index contributed by atoms with van der Waals surface area (Å²) in [6.07, 6.45) is 4.70. The average Bonchev–Trinajstić information content (AvgIpc) is 2.93. The molecule has 2 fully saturated rings. The molecule has 3 rings (SSSR count). The van der Waals surface area contributed by atoms with Crippen molar-refractivity contribution in [3.8, 4) is 0 Å². The maximum atomic E-state index is 5.94. The molecule has 1 saturated heterocycles. The Morgan fingerprint density at radius 2 is 2.23 bits per heavy atom. The minimum Gasteiger partial charge on any atom is -0.381 e. The van der Waals surface area contributed by atoms with E-state index in [1.54, 1.807) is 7.11 Å². The predicted molar refractivity (Wildman–Crippen MR) is 81.4 cm³/mol. The number of ether oxygens (including phenoxy) is 2. The van der Waals surface area contributed by atoms with Crippen LogP contribution in [0.5, 0.6) is 0 Å². The van der Waals surface area contributed by atoms with Crippen LogP contribution < -0.4 is 0 Å². The Labute approximate surface area is 132 Å². The number of methoxy groups -OCH3 is 1. The number of morpholine rings is 1. The van der Waals surface area contributed by atoms with Crippen LogP contribution in [0.15, 0.2) is 4.52 Å². The largest absolute Gasteiger partial charge is 0.381 e. The lowest BCUT2D eigenvalue weighted by Gasteiger charge is -2.45. The molecule has 124 valence electrons. The molecule has 0 spiro atoms. The molecule has 0 unspecified atom stereocenters. The molecule has 2 aliphatic rings. The first kappa shape index (κ1) is 15.9. The highest BCUT2D eigenvalue weighted by Crippen LogP contribution is 2.30. The normalized spacial score (nSPS) is 29.7. The van der Waals surface area contributed by atoms with E-state index in [0.717, 1.165) is 50.6 Å². The summed E-state index contributed by atoms with van der Waals surface area (Å²) in [6.45, 7) is 6.74. The van der Waals surface area contributed by atoms with Crippen molar-refractivity contribution in [1.29, 1.82) is 0 Å². The molecule has 0 amide bonds. The summed E-state index contributed by atoms with van der Waals surface area (Å²) in [4.78, 5) is 6.95. The van der Waals surface area contributed by atoms with Gasteiger partial charge in [-0.05, 0) is 25.2 Å². The van der Waals surface area contributed by atoms with Gasteiger partial charge in [0.15, 0.2) is 5.82 Å². The molecule has 22 heavy (non-hydrogen) atoms. The smallest absolute Gasteiger partial charge is 0.240 e. The van der Waals surface area contributed by atoms with E-state index < -0.39 is 0 Å². The zero-order valence-corrected chi connectivity index (χ0v) is 13.8. The second-order valence-electron chi connectivity index (χ2n) is 6.82. The topological polar surface area (TPSA) is 60.6 Å². The molecule has 1 aromatic heterocycles. The van der Waals surface area contributed by atoms with Crippen molar-refractivity contribution in [1.82, 2.24) is 15.0 Å². The Bertz CT molecular complexity index is 477. The fraction of sp³-hybridized carbons (Fsp3) is 0.875. The number of hydrogen-bond acceptors (Lipinski definition) is 6. The average molecular weight is 309 g/mol. The lowest BCUT2D eigenvalue weighted by molar-refractivity contribution is -0.117. The maximum absolute atomic E-state index is 5.94. The number of hydrogen-bond donors (Lipinski definition) is 0. The van der Waals surface area contributed by atoms with Crippen molar-refractivity contribution in [3.63, 3.8) is 0 Å². The number of aromatic nitrogens is 2. The van der Waals surface area contributed by atoms with E-state index in [0.29, 0.717) is 30.7 Å². The SMILES string of the molecule is CO[C@@H]1CC[C@@H]2OCCN(Cc3nc(CC(C)C)no3)[C@@H]2C1. The molecule has 1 aromatic rings. The number of rotatable bonds is 5. The molecule has 6 heteroatoms. The van der Waals surface area contributed by atoms with Crippen LogP contribution in [0.25, 0.3) is 0 Å². The number of nitrogens with zero attached hydrogens (tertiary/aromatic N) is 3. The molecule has 6 nitrogen and oxygen atoms in total. The fourth-order valence-electron chi connectivity index (χ4n) is 3.53. The second-order valence-corrected chi connectivity index (χ2v) is 6.82. The van der Waals surface area contributed by atoms with Gasteiger partial charge in [0.05, 0.1) is 25.4 Å². The second kappa shape index (κ2) is 7.06. The molecule has 0 N–H and O–H groups in total. The minimum absolute atomic E-state index is 0.318. The fourth-order valence-corrected chi connectivity index (χ4v) is 3.53. The van der Waals surface area contributed by atoms with Crippen LogP contribution in [0.3, 0.4) is 0 Å². The molecular weight excluding hydrogens is 282 g/mol. The molecule has 0 bridgehead atoms. The maximum Gasteiger partial charge on any atom is 0.240 e. The van der Waals surface area contributed by atoms with Crippen molar-refractivity contribution in [2.75, 3.05) is 20.3 Å². The van der Waals surface area contributed by atoms with E-state index in [4.69, 9.17) is 14.0 Å². The van der Waals surface area contributed by atoms with Gasteiger partial charge >= 0.3 is 0 Å². The van der Waals surface area contributed by atoms with Crippen LogP contribution in [-0.4, -0.2) is 53.6 Å². The van der Waals surface area contributed by atoms with Gasteiger partial charge in [-0.2, -0.15) is 4.98 Å². The highest BCUT2D eigenvalue weighted by molar-refractivity contribution is 4.94. The van der Waals surface area contributed by atoms with E-state index >= 15 is 0 Å². The monoisotopic (exact) mass is 309 g/mol. The van der Waals surface area contributed by atoms with E-state index in [-0.39, 0.29) is 0 Å². The first-order valence-corrected chi connectivity index (χ1v) is 8.35. The highest BCUT2D eigenvalue weighted by atomic mass is 16.5. The van der Waals surface area contributed by atoms with Crippen LogP contribution in [-0.2, 0) is 22.4 Å². The summed E-state index contributed by atoms with van der Waals surface area (Å²) in [7, 11) is 1.80. The first-order valence-electron chi connectivity index (χ1n) is 8.35. The molecule has 1 aliphatic carbocycles. The zero-order chi connectivity index (χ0) is 15.5. The molecule has 3 atom stereocenters. The van der Waals surface area contributed by atoms with Crippen molar-refractivity contribution in [3.05, 3.63) is 11.7 Å². The zero-order valence-electron chi connectivity index (χ0n) is 13.8. The van der Waals surface area contributed by atoms with Crippen molar-refractivity contribution >= 4 is 0 Å². The summed E-state index contributed by atoms with van der Waals surface area (Å²) in [5.74, 6) is 2.07. The van der Waals surface area contributed by atoms with Crippen LogP contribution in [0.1, 0.15) is 44.8 Å². The predicted octanol–water partition coefficient (Wildman–Crippen LogP) is 2.04. The van der Waals surface area contributed by atoms with Crippen LogP contribution in [0.4, 0.5) is 0 Å². The summed E-state index contributed by atoms with van der Waals surface area (Å²) in [5, 5.41) is 4.09. The quantitative estimate of drug-likeness (QED) is 0.829. The van der Waals surface area contributed by atoms with Gasteiger partial charge in [0.2, 0.25) is 5.89 Å². The van der Waals surface area contributed by atoms with Gasteiger partial charge in [0.25, 0.3) is 0 Å². The Hall–Kier alpha value is -0.980. The molecule has 1 aliphatic heterocycles. The van der Waals surface area contributed by atoms with Gasteiger partial charge in [-0.15, -0.1) is 0 Å². The van der Waals surface area contributed by atoms with Crippen LogP contribution in [0.2, 0.25) is 0 Å².